The highest BCUT2D eigenvalue weighted by molar-refractivity contribution is 7.80. The summed E-state index contributed by atoms with van der Waals surface area (Å²) in [4.78, 5) is 15.5. The molecule has 0 heterocycles. The van der Waals surface area contributed by atoms with Gasteiger partial charge in [0.05, 0.1) is 0 Å². The third-order valence-electron chi connectivity index (χ3n) is 2.73. The summed E-state index contributed by atoms with van der Waals surface area (Å²) in [6.07, 6.45) is 0. The Labute approximate surface area is 133 Å². The van der Waals surface area contributed by atoms with Crippen molar-refractivity contribution >= 4 is 35.0 Å². The van der Waals surface area contributed by atoms with Crippen LogP contribution < -0.4 is 11.1 Å². The van der Waals surface area contributed by atoms with Crippen molar-refractivity contribution in [1.29, 1.82) is 0 Å². The molecule has 0 saturated heterocycles. The lowest BCUT2D eigenvalue weighted by Crippen LogP contribution is -2.25. The van der Waals surface area contributed by atoms with Gasteiger partial charge in [0.25, 0.3) is 17.1 Å². The molecule has 0 aromatic heterocycles. The summed E-state index contributed by atoms with van der Waals surface area (Å²) in [6.45, 7) is 1.98. The number of carbonyl (C=O) groups excluding carboxylic acids is 1. The van der Waals surface area contributed by atoms with Crippen LogP contribution in [0.15, 0.2) is 59.6 Å². The molecule has 0 bridgehead atoms. The predicted octanol–water partition coefficient (Wildman–Crippen LogP) is 2.86. The van der Waals surface area contributed by atoms with Crippen LogP contribution >= 0.6 is 12.2 Å². The molecule has 0 fully saturated rings. The van der Waals surface area contributed by atoms with Gasteiger partial charge in [0.1, 0.15) is 0 Å². The number of benzene rings is 2. The molecular formula is C16H15N3O2S. The summed E-state index contributed by atoms with van der Waals surface area (Å²) in [7, 11) is 0. The normalized spacial score (nSPS) is 10.9. The lowest BCUT2D eigenvalue weighted by molar-refractivity contribution is 0.100. The van der Waals surface area contributed by atoms with Crippen molar-refractivity contribution in [2.24, 2.45) is 10.7 Å². The molecule has 0 spiro atoms. The fourth-order valence-electron chi connectivity index (χ4n) is 1.64. The van der Waals surface area contributed by atoms with Gasteiger partial charge in [-0.25, -0.2) is 0 Å². The fraction of sp³-hybridized carbons (Fsp3) is 0.0625. The van der Waals surface area contributed by atoms with Crippen LogP contribution in [0.3, 0.4) is 0 Å². The van der Waals surface area contributed by atoms with Gasteiger partial charge in [-0.1, -0.05) is 35.9 Å². The molecule has 0 aliphatic rings. The first-order valence-electron chi connectivity index (χ1n) is 6.53. The van der Waals surface area contributed by atoms with E-state index < -0.39 is 5.91 Å². The number of hydrogen-bond donors (Lipinski definition) is 2. The Bertz CT molecular complexity index is 697. The van der Waals surface area contributed by atoms with Gasteiger partial charge in [-0.3, -0.25) is 4.79 Å². The van der Waals surface area contributed by atoms with Crippen LogP contribution in [0.4, 0.5) is 5.69 Å². The highest BCUT2D eigenvalue weighted by Crippen LogP contribution is 2.09. The number of amidine groups is 1. The molecule has 0 unspecified atom stereocenters. The fourth-order valence-corrected chi connectivity index (χ4v) is 1.85. The van der Waals surface area contributed by atoms with Crippen LogP contribution in [-0.2, 0) is 4.74 Å². The quantitative estimate of drug-likeness (QED) is 0.506. The Hall–Kier alpha value is -2.73. The number of nitrogens with one attached hydrogen (secondary N) is 1. The summed E-state index contributed by atoms with van der Waals surface area (Å²) >= 11 is 5.01. The average Bonchev–Trinajstić information content (AvgIpc) is 2.50. The first-order chi connectivity index (χ1) is 10.5. The van der Waals surface area contributed by atoms with E-state index in [1.807, 2.05) is 31.2 Å². The molecule has 0 aliphatic carbocycles. The zero-order chi connectivity index (χ0) is 15.9. The number of nitrogens with two attached hydrogens (primary N) is 1. The lowest BCUT2D eigenvalue weighted by Gasteiger charge is -2.08. The summed E-state index contributed by atoms with van der Waals surface area (Å²) in [5.41, 5.74) is 7.89. The number of ether oxygens (including phenoxy) is 1. The van der Waals surface area contributed by atoms with E-state index in [9.17, 15) is 4.79 Å². The highest BCUT2D eigenvalue weighted by atomic mass is 32.1. The Kier molecular flexibility index (Phi) is 5.21. The summed E-state index contributed by atoms with van der Waals surface area (Å²) in [6, 6.07) is 15.8. The molecule has 0 aliphatic heterocycles. The number of amides is 1. The SMILES string of the molecule is Cc1ccc(NC(=S)OC(N)=NC(=O)c2ccccc2)cc1. The van der Waals surface area contributed by atoms with Crippen molar-refractivity contribution < 1.29 is 9.53 Å². The second-order valence-electron chi connectivity index (χ2n) is 4.50. The average molecular weight is 313 g/mol. The van der Waals surface area contributed by atoms with Crippen LogP contribution in [0.1, 0.15) is 15.9 Å². The van der Waals surface area contributed by atoms with Crippen molar-refractivity contribution in [2.45, 2.75) is 6.92 Å². The van der Waals surface area contributed by atoms with E-state index >= 15 is 0 Å². The molecule has 0 radical (unpaired) electrons. The molecule has 2 rings (SSSR count). The van der Waals surface area contributed by atoms with E-state index in [4.69, 9.17) is 22.7 Å². The second-order valence-corrected chi connectivity index (χ2v) is 4.87. The maximum atomic E-state index is 11.8. The third-order valence-corrected chi connectivity index (χ3v) is 2.91. The summed E-state index contributed by atoms with van der Waals surface area (Å²) < 4.78 is 5.10. The zero-order valence-electron chi connectivity index (χ0n) is 11.9. The van der Waals surface area contributed by atoms with Gasteiger partial charge in [-0.2, -0.15) is 4.99 Å². The number of thiocarbonyl (C=S) groups is 1. The minimum absolute atomic E-state index is 0.0194. The number of carbonyl (C=O) groups is 1. The Morgan fingerprint density at radius 1 is 1.14 bits per heavy atom. The Morgan fingerprint density at radius 2 is 1.77 bits per heavy atom. The van der Waals surface area contributed by atoms with E-state index in [0.29, 0.717) is 5.56 Å². The molecule has 22 heavy (non-hydrogen) atoms. The number of rotatable bonds is 2. The van der Waals surface area contributed by atoms with Gasteiger partial charge in [-0.05, 0) is 43.4 Å². The topological polar surface area (TPSA) is 76.7 Å². The first-order valence-corrected chi connectivity index (χ1v) is 6.94. The van der Waals surface area contributed by atoms with Gasteiger partial charge >= 0.3 is 0 Å². The molecule has 5 nitrogen and oxygen atoms in total. The standard InChI is InChI=1S/C16H15N3O2S/c1-11-7-9-13(10-8-11)18-16(22)21-15(17)19-14(20)12-5-3-2-4-6-12/h2-10H,1H3,(H,18,22)(H2,17,19,20). The van der Waals surface area contributed by atoms with E-state index in [1.165, 1.54) is 0 Å². The lowest BCUT2D eigenvalue weighted by atomic mass is 10.2. The number of hydrogen-bond acceptors (Lipinski definition) is 3. The van der Waals surface area contributed by atoms with Gasteiger partial charge in [0, 0.05) is 11.3 Å². The minimum Gasteiger partial charge on any atom is -0.398 e. The monoisotopic (exact) mass is 313 g/mol. The molecule has 0 saturated carbocycles. The van der Waals surface area contributed by atoms with Crippen molar-refractivity contribution in [3.05, 3.63) is 65.7 Å². The summed E-state index contributed by atoms with van der Waals surface area (Å²) in [5.74, 6) is -0.490. The molecule has 2 aromatic carbocycles. The third kappa shape index (κ3) is 4.68. The van der Waals surface area contributed by atoms with Gasteiger partial charge in [0.2, 0.25) is 0 Å². The first kappa shape index (κ1) is 15.7. The maximum Gasteiger partial charge on any atom is 0.297 e. The highest BCUT2D eigenvalue weighted by Gasteiger charge is 2.07. The number of anilines is 1. The number of aliphatic imine (C=N–C) groups is 1. The molecule has 3 N–H and O–H groups in total. The molecule has 2 aromatic rings. The van der Waals surface area contributed by atoms with Crippen molar-refractivity contribution in [3.8, 4) is 0 Å². The predicted molar refractivity (Wildman–Crippen MR) is 90.9 cm³/mol. The minimum atomic E-state index is -0.490. The Balaban J connectivity index is 1.94. The van der Waals surface area contributed by atoms with Gasteiger partial charge < -0.3 is 15.8 Å². The van der Waals surface area contributed by atoms with Crippen molar-refractivity contribution in [1.82, 2.24) is 0 Å². The van der Waals surface area contributed by atoms with Gasteiger partial charge in [-0.15, -0.1) is 0 Å². The van der Waals surface area contributed by atoms with E-state index in [-0.39, 0.29) is 11.2 Å². The van der Waals surface area contributed by atoms with Crippen LogP contribution in [0.2, 0.25) is 0 Å². The molecule has 1 amide bonds. The van der Waals surface area contributed by atoms with E-state index in [0.717, 1.165) is 11.3 Å². The van der Waals surface area contributed by atoms with Gasteiger partial charge in [0.15, 0.2) is 0 Å². The molecular weight excluding hydrogens is 298 g/mol. The zero-order valence-corrected chi connectivity index (χ0v) is 12.8. The van der Waals surface area contributed by atoms with Crippen molar-refractivity contribution in [3.63, 3.8) is 0 Å². The summed E-state index contributed by atoms with van der Waals surface area (Å²) in [5, 5.41) is 2.87. The number of aryl methyl sites for hydroxylation is 1. The maximum absolute atomic E-state index is 11.8. The molecule has 0 atom stereocenters. The smallest absolute Gasteiger partial charge is 0.297 e. The van der Waals surface area contributed by atoms with E-state index in [1.54, 1.807) is 30.3 Å². The second kappa shape index (κ2) is 7.33. The molecule has 112 valence electrons. The van der Waals surface area contributed by atoms with Crippen LogP contribution in [0.5, 0.6) is 0 Å². The van der Waals surface area contributed by atoms with Crippen LogP contribution in [0.25, 0.3) is 0 Å². The number of nitrogens with zero attached hydrogens (tertiary/aromatic N) is 1. The van der Waals surface area contributed by atoms with Crippen LogP contribution in [0, 0.1) is 6.92 Å². The van der Waals surface area contributed by atoms with Crippen molar-refractivity contribution in [2.75, 3.05) is 5.32 Å². The van der Waals surface area contributed by atoms with Crippen LogP contribution in [-0.4, -0.2) is 17.1 Å². The largest absolute Gasteiger partial charge is 0.398 e. The Morgan fingerprint density at radius 3 is 2.41 bits per heavy atom. The van der Waals surface area contributed by atoms with E-state index in [2.05, 4.69) is 10.3 Å². The molecule has 6 heteroatoms.